The largest absolute Gasteiger partial charge is 0.495 e. The van der Waals surface area contributed by atoms with Gasteiger partial charge in [0.2, 0.25) is 5.95 Å². The van der Waals surface area contributed by atoms with Gasteiger partial charge in [-0.3, -0.25) is 9.30 Å². The molecule has 178 valence electrons. The van der Waals surface area contributed by atoms with Crippen molar-refractivity contribution >= 4 is 45.8 Å². The number of ether oxygens (including phenoxy) is 2. The summed E-state index contributed by atoms with van der Waals surface area (Å²) in [4.78, 5) is 16.6. The van der Waals surface area contributed by atoms with Crippen LogP contribution in [0.25, 0.3) is 27.8 Å². The fraction of sp³-hybridized carbons (Fsp3) is 0.375. The van der Waals surface area contributed by atoms with Crippen molar-refractivity contribution in [3.8, 4) is 22.6 Å². The van der Waals surface area contributed by atoms with E-state index in [-0.39, 0.29) is 0 Å². The molecular formula is C24H26Cl2N6O2. The quantitative estimate of drug-likeness (QED) is 0.385. The highest BCUT2D eigenvalue weighted by Crippen LogP contribution is 2.47. The molecule has 1 fully saturated rings. The Morgan fingerprint density at radius 3 is 2.32 bits per heavy atom. The van der Waals surface area contributed by atoms with E-state index in [1.54, 1.807) is 33.5 Å². The van der Waals surface area contributed by atoms with E-state index >= 15 is 0 Å². The SMILES string of the molecule is CNc1ncc2cc(-c3c(Cl)c(OC)cc(OC)c3Cl)c3nc(CN4CCCCC4)cn3c2n1. The van der Waals surface area contributed by atoms with Crippen LogP contribution in [0, 0.1) is 0 Å². The number of fused-ring (bicyclic) bond motifs is 3. The number of aromatic nitrogens is 4. The van der Waals surface area contributed by atoms with E-state index in [0.29, 0.717) is 38.7 Å². The second kappa shape index (κ2) is 9.44. The normalized spacial score (nSPS) is 14.6. The monoisotopic (exact) mass is 500 g/mol. The Balaban J connectivity index is 1.78. The first-order valence-electron chi connectivity index (χ1n) is 11.2. The second-order valence-corrected chi connectivity index (χ2v) is 9.08. The van der Waals surface area contributed by atoms with E-state index in [4.69, 9.17) is 42.6 Å². The minimum absolute atomic E-state index is 0.392. The highest BCUT2D eigenvalue weighted by Gasteiger charge is 2.24. The van der Waals surface area contributed by atoms with Crippen LogP contribution < -0.4 is 14.8 Å². The molecule has 10 heteroatoms. The molecule has 34 heavy (non-hydrogen) atoms. The predicted octanol–water partition coefficient (Wildman–Crippen LogP) is 5.30. The van der Waals surface area contributed by atoms with Crippen molar-refractivity contribution in [1.82, 2.24) is 24.3 Å². The van der Waals surface area contributed by atoms with Crippen LogP contribution in [-0.4, -0.2) is 58.6 Å². The van der Waals surface area contributed by atoms with E-state index in [1.165, 1.54) is 19.3 Å². The van der Waals surface area contributed by atoms with Crippen LogP contribution in [0.3, 0.4) is 0 Å². The van der Waals surface area contributed by atoms with Crippen molar-refractivity contribution in [2.24, 2.45) is 0 Å². The molecule has 0 amide bonds. The van der Waals surface area contributed by atoms with Crippen LogP contribution in [0.4, 0.5) is 5.95 Å². The molecule has 0 unspecified atom stereocenters. The number of hydrogen-bond acceptors (Lipinski definition) is 7. The van der Waals surface area contributed by atoms with Gasteiger partial charge in [-0.25, -0.2) is 9.97 Å². The topological polar surface area (TPSA) is 76.8 Å². The summed E-state index contributed by atoms with van der Waals surface area (Å²) in [6.07, 6.45) is 7.54. The third-order valence-electron chi connectivity index (χ3n) is 6.22. The summed E-state index contributed by atoms with van der Waals surface area (Å²) in [5, 5.41) is 4.63. The molecule has 0 radical (unpaired) electrons. The van der Waals surface area contributed by atoms with Gasteiger partial charge in [-0.05, 0) is 32.0 Å². The lowest BCUT2D eigenvalue weighted by Gasteiger charge is -2.25. The number of likely N-dealkylation sites (tertiary alicyclic amines) is 1. The fourth-order valence-electron chi connectivity index (χ4n) is 4.53. The summed E-state index contributed by atoms with van der Waals surface area (Å²) >= 11 is 13.6. The maximum atomic E-state index is 6.79. The van der Waals surface area contributed by atoms with E-state index in [9.17, 15) is 0 Å². The van der Waals surface area contributed by atoms with Crippen molar-refractivity contribution < 1.29 is 9.47 Å². The van der Waals surface area contributed by atoms with E-state index in [2.05, 4.69) is 15.2 Å². The van der Waals surface area contributed by atoms with Gasteiger partial charge < -0.3 is 14.8 Å². The van der Waals surface area contributed by atoms with Crippen molar-refractivity contribution in [2.45, 2.75) is 25.8 Å². The fourth-order valence-corrected chi connectivity index (χ4v) is 5.23. The lowest BCUT2D eigenvalue weighted by atomic mass is 10.0. The van der Waals surface area contributed by atoms with Gasteiger partial charge in [-0.1, -0.05) is 29.6 Å². The number of halogens is 2. The molecule has 8 nitrogen and oxygen atoms in total. The Morgan fingerprint density at radius 1 is 0.971 bits per heavy atom. The van der Waals surface area contributed by atoms with E-state index in [1.807, 2.05) is 16.7 Å². The third-order valence-corrected chi connectivity index (χ3v) is 6.97. The minimum Gasteiger partial charge on any atom is -0.495 e. The number of anilines is 1. The van der Waals surface area contributed by atoms with Crippen LogP contribution in [0.15, 0.2) is 24.5 Å². The molecule has 5 rings (SSSR count). The molecule has 0 saturated carbocycles. The zero-order chi connectivity index (χ0) is 23.8. The van der Waals surface area contributed by atoms with Gasteiger partial charge in [0.25, 0.3) is 0 Å². The van der Waals surface area contributed by atoms with Gasteiger partial charge in [0, 0.05) is 48.6 Å². The first-order chi connectivity index (χ1) is 16.5. The molecule has 0 bridgehead atoms. The third kappa shape index (κ3) is 4.00. The Hall–Kier alpha value is -2.81. The second-order valence-electron chi connectivity index (χ2n) is 8.33. The molecule has 4 heterocycles. The van der Waals surface area contributed by atoms with Crippen LogP contribution in [0.2, 0.25) is 10.0 Å². The maximum absolute atomic E-state index is 6.79. The zero-order valence-electron chi connectivity index (χ0n) is 19.4. The van der Waals surface area contributed by atoms with Gasteiger partial charge >= 0.3 is 0 Å². The van der Waals surface area contributed by atoms with Crippen molar-refractivity contribution in [1.29, 1.82) is 0 Å². The number of nitrogens with one attached hydrogen (secondary N) is 1. The molecule has 1 aliphatic heterocycles. The Morgan fingerprint density at radius 2 is 1.68 bits per heavy atom. The summed E-state index contributed by atoms with van der Waals surface area (Å²) in [5.41, 5.74) is 3.77. The van der Waals surface area contributed by atoms with Gasteiger partial charge in [0.15, 0.2) is 5.65 Å². The average Bonchev–Trinajstić information content (AvgIpc) is 3.28. The molecule has 4 aromatic rings. The molecule has 0 aliphatic carbocycles. The van der Waals surface area contributed by atoms with Gasteiger partial charge in [0.1, 0.15) is 17.1 Å². The van der Waals surface area contributed by atoms with Crippen LogP contribution in [-0.2, 0) is 6.54 Å². The summed E-state index contributed by atoms with van der Waals surface area (Å²) in [6, 6.07) is 3.65. The maximum Gasteiger partial charge on any atom is 0.224 e. The van der Waals surface area contributed by atoms with E-state index in [0.717, 1.165) is 41.9 Å². The molecule has 1 N–H and O–H groups in total. The number of rotatable bonds is 6. The number of methoxy groups -OCH3 is 2. The standard InChI is InChI=1S/C24H26Cl2N6O2/c1-27-24-28-11-14-9-16(19-20(25)17(33-2)10-18(34-3)21(19)26)23-29-15(13-32(23)22(14)30-24)12-31-7-5-4-6-8-31/h9-11,13H,4-8,12H2,1-3H3,(H,27,28,30). The average molecular weight is 501 g/mol. The Bertz CT molecular complexity index is 1340. The van der Waals surface area contributed by atoms with E-state index < -0.39 is 0 Å². The number of imidazole rings is 1. The molecule has 1 aromatic carbocycles. The Kier molecular flexibility index (Phi) is 6.38. The number of pyridine rings is 1. The number of benzene rings is 1. The van der Waals surface area contributed by atoms with Crippen LogP contribution in [0.1, 0.15) is 25.0 Å². The number of piperidine rings is 1. The van der Waals surface area contributed by atoms with Gasteiger partial charge in [0.05, 0.1) is 30.0 Å². The number of hydrogen-bond donors (Lipinski definition) is 1. The molecule has 0 spiro atoms. The zero-order valence-corrected chi connectivity index (χ0v) is 20.9. The smallest absolute Gasteiger partial charge is 0.224 e. The van der Waals surface area contributed by atoms with Crippen molar-refractivity contribution in [2.75, 3.05) is 39.7 Å². The lowest BCUT2D eigenvalue weighted by molar-refractivity contribution is 0.219. The number of nitrogens with zero attached hydrogens (tertiary/aromatic N) is 5. The van der Waals surface area contributed by atoms with Crippen LogP contribution >= 0.6 is 23.2 Å². The molecule has 1 saturated heterocycles. The van der Waals surface area contributed by atoms with Gasteiger partial charge in [-0.2, -0.15) is 4.98 Å². The highest BCUT2D eigenvalue weighted by molar-refractivity contribution is 6.41. The first kappa shape index (κ1) is 23.0. The van der Waals surface area contributed by atoms with Crippen LogP contribution in [0.5, 0.6) is 11.5 Å². The van der Waals surface area contributed by atoms with Crippen molar-refractivity contribution in [3.63, 3.8) is 0 Å². The molecule has 0 atom stereocenters. The molecule has 3 aromatic heterocycles. The summed E-state index contributed by atoms with van der Waals surface area (Å²) in [5.74, 6) is 1.48. The van der Waals surface area contributed by atoms with Crippen molar-refractivity contribution in [3.05, 3.63) is 40.3 Å². The summed E-state index contributed by atoms with van der Waals surface area (Å²) in [6.45, 7) is 2.94. The Labute approximate surface area is 207 Å². The summed E-state index contributed by atoms with van der Waals surface area (Å²) < 4.78 is 13.0. The highest BCUT2D eigenvalue weighted by atomic mass is 35.5. The summed E-state index contributed by atoms with van der Waals surface area (Å²) in [7, 11) is 4.92. The first-order valence-corrected chi connectivity index (χ1v) is 12.0. The lowest BCUT2D eigenvalue weighted by Crippen LogP contribution is -2.29. The molecular weight excluding hydrogens is 475 g/mol. The minimum atomic E-state index is 0.392. The molecule has 1 aliphatic rings. The van der Waals surface area contributed by atoms with Gasteiger partial charge in [-0.15, -0.1) is 0 Å². The predicted molar refractivity (Wildman–Crippen MR) is 136 cm³/mol.